The largest absolute Gasteiger partial charge is 0.317 e. The van der Waals surface area contributed by atoms with Crippen LogP contribution in [0.4, 0.5) is 0 Å². The Morgan fingerprint density at radius 2 is 1.74 bits per heavy atom. The van der Waals surface area contributed by atoms with Gasteiger partial charge in [0.1, 0.15) is 6.04 Å². The molecule has 1 aromatic rings. The molecule has 0 spiro atoms. The van der Waals surface area contributed by atoms with Crippen LogP contribution in [0.1, 0.15) is 58.4 Å². The number of nitrogens with zero attached hydrogens (tertiary/aromatic N) is 2. The molecule has 5 rings (SSSR count). The summed E-state index contributed by atoms with van der Waals surface area (Å²) >= 11 is 0. The molecule has 0 bridgehead atoms. The molecule has 8 heteroatoms. The standard InChI is InChI=1S/C23H28N4O4/c28-19-7-6-18(21(29)25-19)27-22(30)17-3-1-2-15(20(17)23(27)31)5-4-14-12-26(13-14)16-8-10-24-11-9-16/h1-3,14,16,18,24H,4-13H2,(H,25,28,29). The number of aryl methyl sites for hydroxylation is 1. The second-order valence-corrected chi connectivity index (χ2v) is 9.13. The van der Waals surface area contributed by atoms with E-state index in [1.807, 2.05) is 12.1 Å². The van der Waals surface area contributed by atoms with Gasteiger partial charge in [-0.25, -0.2) is 0 Å². The zero-order valence-electron chi connectivity index (χ0n) is 17.6. The Kier molecular flexibility index (Phi) is 5.35. The molecular formula is C23H28N4O4. The van der Waals surface area contributed by atoms with Gasteiger partial charge < -0.3 is 5.32 Å². The van der Waals surface area contributed by atoms with E-state index in [1.165, 1.54) is 12.8 Å². The van der Waals surface area contributed by atoms with Gasteiger partial charge in [-0.05, 0) is 62.7 Å². The van der Waals surface area contributed by atoms with Crippen LogP contribution in [0.5, 0.6) is 0 Å². The number of amides is 4. The molecular weight excluding hydrogens is 396 g/mol. The van der Waals surface area contributed by atoms with Gasteiger partial charge in [0.25, 0.3) is 11.8 Å². The highest BCUT2D eigenvalue weighted by Gasteiger charge is 2.45. The summed E-state index contributed by atoms with van der Waals surface area (Å²) in [6.45, 7) is 4.41. The molecule has 0 aromatic heterocycles. The molecule has 3 fully saturated rings. The molecule has 2 N–H and O–H groups in total. The predicted octanol–water partition coefficient (Wildman–Crippen LogP) is 0.704. The lowest BCUT2D eigenvalue weighted by molar-refractivity contribution is -0.136. The van der Waals surface area contributed by atoms with Crippen LogP contribution in [0.15, 0.2) is 18.2 Å². The Hall–Kier alpha value is -2.58. The zero-order chi connectivity index (χ0) is 21.5. The summed E-state index contributed by atoms with van der Waals surface area (Å²) < 4.78 is 0. The van der Waals surface area contributed by atoms with Crippen LogP contribution in [-0.4, -0.2) is 71.7 Å². The number of carbonyl (C=O) groups excluding carboxylic acids is 4. The van der Waals surface area contributed by atoms with Crippen molar-refractivity contribution in [3.63, 3.8) is 0 Å². The molecule has 8 nitrogen and oxygen atoms in total. The summed E-state index contributed by atoms with van der Waals surface area (Å²) in [5, 5.41) is 5.65. The molecule has 0 saturated carbocycles. The minimum Gasteiger partial charge on any atom is -0.317 e. The van der Waals surface area contributed by atoms with Crippen molar-refractivity contribution in [2.75, 3.05) is 26.2 Å². The Bertz CT molecular complexity index is 934. The molecule has 1 unspecified atom stereocenters. The minimum absolute atomic E-state index is 0.131. The third kappa shape index (κ3) is 3.68. The van der Waals surface area contributed by atoms with Crippen molar-refractivity contribution in [1.82, 2.24) is 20.4 Å². The molecule has 0 radical (unpaired) electrons. The van der Waals surface area contributed by atoms with Crippen molar-refractivity contribution in [1.29, 1.82) is 0 Å². The first kappa shape index (κ1) is 20.3. The van der Waals surface area contributed by atoms with Gasteiger partial charge in [-0.2, -0.15) is 0 Å². The van der Waals surface area contributed by atoms with Crippen LogP contribution in [0.25, 0.3) is 0 Å². The SMILES string of the molecule is O=C1CCC(N2C(=O)c3cccc(CCC4CN(C5CCNCC5)C4)c3C2=O)C(=O)N1. The molecule has 0 aliphatic carbocycles. The van der Waals surface area contributed by atoms with Crippen molar-refractivity contribution >= 4 is 23.6 Å². The van der Waals surface area contributed by atoms with Gasteiger partial charge in [-0.3, -0.25) is 34.3 Å². The van der Waals surface area contributed by atoms with Crippen LogP contribution >= 0.6 is 0 Å². The fourth-order valence-electron chi connectivity index (χ4n) is 5.42. The summed E-state index contributed by atoms with van der Waals surface area (Å²) in [5.41, 5.74) is 1.69. The van der Waals surface area contributed by atoms with Gasteiger partial charge in [0.15, 0.2) is 0 Å². The van der Waals surface area contributed by atoms with Gasteiger partial charge in [0.2, 0.25) is 11.8 Å². The summed E-state index contributed by atoms with van der Waals surface area (Å²) in [5.74, 6) is -1.16. The molecule has 31 heavy (non-hydrogen) atoms. The van der Waals surface area contributed by atoms with Crippen molar-refractivity contribution in [2.24, 2.45) is 5.92 Å². The average molecular weight is 425 g/mol. The second kappa shape index (κ2) is 8.16. The van der Waals surface area contributed by atoms with Crippen LogP contribution in [0.3, 0.4) is 0 Å². The van der Waals surface area contributed by atoms with E-state index in [-0.39, 0.29) is 18.7 Å². The van der Waals surface area contributed by atoms with Crippen molar-refractivity contribution in [3.05, 3.63) is 34.9 Å². The number of fused-ring (bicyclic) bond motifs is 1. The van der Waals surface area contributed by atoms with E-state index in [0.29, 0.717) is 23.1 Å². The number of likely N-dealkylation sites (tertiary alicyclic amines) is 1. The summed E-state index contributed by atoms with van der Waals surface area (Å²) in [7, 11) is 0. The molecule has 4 aliphatic heterocycles. The third-order valence-corrected chi connectivity index (χ3v) is 7.19. The van der Waals surface area contributed by atoms with Gasteiger partial charge in [0.05, 0.1) is 11.1 Å². The van der Waals surface area contributed by atoms with Gasteiger partial charge in [0, 0.05) is 25.6 Å². The van der Waals surface area contributed by atoms with E-state index in [0.717, 1.165) is 49.5 Å². The van der Waals surface area contributed by atoms with Crippen LogP contribution < -0.4 is 10.6 Å². The maximum Gasteiger partial charge on any atom is 0.262 e. The molecule has 4 amide bonds. The third-order valence-electron chi connectivity index (χ3n) is 7.19. The van der Waals surface area contributed by atoms with E-state index >= 15 is 0 Å². The number of rotatable bonds is 5. The lowest BCUT2D eigenvalue weighted by Crippen LogP contribution is -2.54. The molecule has 1 atom stereocenters. The summed E-state index contributed by atoms with van der Waals surface area (Å²) in [6.07, 6.45) is 4.47. The van der Waals surface area contributed by atoms with Gasteiger partial charge >= 0.3 is 0 Å². The maximum absolute atomic E-state index is 13.2. The summed E-state index contributed by atoms with van der Waals surface area (Å²) in [6, 6.07) is 5.17. The molecule has 4 heterocycles. The first-order chi connectivity index (χ1) is 15.0. The molecule has 3 saturated heterocycles. The fraction of sp³-hybridized carbons (Fsp3) is 0.565. The quantitative estimate of drug-likeness (QED) is 0.676. The Balaban J connectivity index is 1.24. The predicted molar refractivity (Wildman–Crippen MR) is 112 cm³/mol. The first-order valence-corrected chi connectivity index (χ1v) is 11.3. The average Bonchev–Trinajstić information content (AvgIpc) is 2.99. The van der Waals surface area contributed by atoms with Gasteiger partial charge in [-0.1, -0.05) is 12.1 Å². The Morgan fingerprint density at radius 1 is 0.968 bits per heavy atom. The van der Waals surface area contributed by atoms with E-state index in [2.05, 4.69) is 15.5 Å². The first-order valence-electron chi connectivity index (χ1n) is 11.3. The molecule has 4 aliphatic rings. The van der Waals surface area contributed by atoms with Crippen LogP contribution in [0, 0.1) is 5.92 Å². The van der Waals surface area contributed by atoms with Crippen LogP contribution in [0.2, 0.25) is 0 Å². The fourth-order valence-corrected chi connectivity index (χ4v) is 5.42. The topological polar surface area (TPSA) is 98.8 Å². The highest BCUT2D eigenvalue weighted by atomic mass is 16.2. The van der Waals surface area contributed by atoms with E-state index < -0.39 is 23.8 Å². The number of imide groups is 2. The minimum atomic E-state index is -0.914. The number of piperidine rings is 2. The molecule has 164 valence electrons. The lowest BCUT2D eigenvalue weighted by Gasteiger charge is -2.46. The number of carbonyl (C=O) groups is 4. The Labute approximate surface area is 181 Å². The monoisotopic (exact) mass is 424 g/mol. The van der Waals surface area contributed by atoms with Crippen LogP contribution in [-0.2, 0) is 16.0 Å². The van der Waals surface area contributed by atoms with E-state index in [4.69, 9.17) is 0 Å². The number of nitrogens with one attached hydrogen (secondary N) is 2. The summed E-state index contributed by atoms with van der Waals surface area (Å²) in [4.78, 5) is 53.4. The zero-order valence-corrected chi connectivity index (χ0v) is 17.6. The van der Waals surface area contributed by atoms with Crippen molar-refractivity contribution < 1.29 is 19.2 Å². The van der Waals surface area contributed by atoms with Crippen molar-refractivity contribution in [3.8, 4) is 0 Å². The smallest absolute Gasteiger partial charge is 0.262 e. The number of benzene rings is 1. The van der Waals surface area contributed by atoms with Crippen molar-refractivity contribution in [2.45, 2.75) is 50.6 Å². The number of hydrogen-bond donors (Lipinski definition) is 2. The Morgan fingerprint density at radius 3 is 2.48 bits per heavy atom. The van der Waals surface area contributed by atoms with Gasteiger partial charge in [-0.15, -0.1) is 0 Å². The lowest BCUT2D eigenvalue weighted by atomic mass is 9.88. The van der Waals surface area contributed by atoms with E-state index in [9.17, 15) is 19.2 Å². The second-order valence-electron chi connectivity index (χ2n) is 9.13. The normalized spacial score (nSPS) is 25.5. The highest BCUT2D eigenvalue weighted by Crippen LogP contribution is 2.32. The van der Waals surface area contributed by atoms with E-state index in [1.54, 1.807) is 6.07 Å². The number of hydrogen-bond acceptors (Lipinski definition) is 6. The maximum atomic E-state index is 13.2. The molecule has 1 aromatic carbocycles. The highest BCUT2D eigenvalue weighted by molar-refractivity contribution is 6.24.